The SMILES string of the molecule is CN=CC=NC.CN=CC=NC.[Cl][V][Cl]. The Kier molecular flexibility index (Phi) is 39.5. The van der Waals surface area contributed by atoms with Crippen LogP contribution >= 0.6 is 19.7 Å². The zero-order valence-corrected chi connectivity index (χ0v) is 12.2. The van der Waals surface area contributed by atoms with Gasteiger partial charge < -0.3 is 0 Å². The molecule has 15 heavy (non-hydrogen) atoms. The molecule has 0 amide bonds. The third-order valence-corrected chi connectivity index (χ3v) is 0.730. The van der Waals surface area contributed by atoms with E-state index in [4.69, 9.17) is 19.7 Å². The first-order valence-electron chi connectivity index (χ1n) is 3.83. The first kappa shape index (κ1) is 20.3. The van der Waals surface area contributed by atoms with Crippen molar-refractivity contribution in [2.45, 2.75) is 0 Å². The number of hydrogen-bond acceptors (Lipinski definition) is 4. The second kappa shape index (κ2) is 29.2. The van der Waals surface area contributed by atoms with Crippen LogP contribution < -0.4 is 0 Å². The molecule has 0 N–H and O–H groups in total. The molecule has 0 aliphatic carbocycles. The van der Waals surface area contributed by atoms with Crippen LogP contribution in [0.1, 0.15) is 0 Å². The summed E-state index contributed by atoms with van der Waals surface area (Å²) >= 11 is -0.368. The Balaban J connectivity index is -0.000000153. The molecule has 87 valence electrons. The number of hydrogen-bond donors (Lipinski definition) is 0. The van der Waals surface area contributed by atoms with Crippen molar-refractivity contribution in [3.63, 3.8) is 0 Å². The Morgan fingerprint density at radius 3 is 0.867 bits per heavy atom. The second-order valence-corrected chi connectivity index (χ2v) is 4.00. The predicted octanol–water partition coefficient (Wildman–Crippen LogP) is 2.15. The molecular weight excluding hydrogens is 274 g/mol. The minimum atomic E-state index is -0.368. The number of aliphatic imine (C=N–C) groups is 4. The van der Waals surface area contributed by atoms with E-state index in [0.29, 0.717) is 0 Å². The van der Waals surface area contributed by atoms with Gasteiger partial charge in [0.2, 0.25) is 0 Å². The van der Waals surface area contributed by atoms with E-state index in [1.807, 2.05) is 0 Å². The van der Waals surface area contributed by atoms with E-state index < -0.39 is 0 Å². The van der Waals surface area contributed by atoms with E-state index in [1.165, 1.54) is 0 Å². The van der Waals surface area contributed by atoms with Gasteiger partial charge in [-0.2, -0.15) is 0 Å². The summed E-state index contributed by atoms with van der Waals surface area (Å²) in [5.41, 5.74) is 0. The maximum atomic E-state index is 4.86. The van der Waals surface area contributed by atoms with Gasteiger partial charge in [0, 0.05) is 53.0 Å². The molecule has 0 saturated carbocycles. The fourth-order valence-electron chi connectivity index (χ4n) is 0.267. The zero-order valence-electron chi connectivity index (χ0n) is 9.30. The van der Waals surface area contributed by atoms with Gasteiger partial charge >= 0.3 is 34.1 Å². The molecule has 4 nitrogen and oxygen atoms in total. The molecule has 0 aliphatic rings. The summed E-state index contributed by atoms with van der Waals surface area (Å²) < 4.78 is 0. The third-order valence-electron chi connectivity index (χ3n) is 0.730. The second-order valence-electron chi connectivity index (χ2n) is 1.69. The summed E-state index contributed by atoms with van der Waals surface area (Å²) in [7, 11) is 16.6. The molecule has 0 aromatic carbocycles. The molecule has 0 spiro atoms. The summed E-state index contributed by atoms with van der Waals surface area (Å²) in [5.74, 6) is 0. The number of halogens is 2. The fraction of sp³-hybridized carbons (Fsp3) is 0.500. The molecule has 7 heteroatoms. The Hall–Kier alpha value is -0.156. The van der Waals surface area contributed by atoms with Crippen molar-refractivity contribution >= 4 is 44.6 Å². The van der Waals surface area contributed by atoms with Crippen molar-refractivity contribution in [2.75, 3.05) is 28.2 Å². The fourth-order valence-corrected chi connectivity index (χ4v) is 0.267. The number of rotatable bonds is 2. The first-order chi connectivity index (χ1) is 7.24. The Bertz CT molecular complexity index is 153. The molecule has 0 aliphatic heterocycles. The number of nitrogens with zero attached hydrogens (tertiary/aromatic N) is 4. The van der Waals surface area contributed by atoms with Crippen LogP contribution in [0.2, 0.25) is 0 Å². The molecule has 0 aromatic rings. The molecule has 0 heterocycles. The van der Waals surface area contributed by atoms with E-state index >= 15 is 0 Å². The van der Waals surface area contributed by atoms with Gasteiger partial charge in [0.15, 0.2) is 0 Å². The van der Waals surface area contributed by atoms with Crippen LogP contribution in [0.5, 0.6) is 0 Å². The van der Waals surface area contributed by atoms with E-state index in [9.17, 15) is 0 Å². The molecular formula is C8H16Cl2N4V. The average molecular weight is 290 g/mol. The van der Waals surface area contributed by atoms with Crippen molar-refractivity contribution in [1.82, 2.24) is 0 Å². The third kappa shape index (κ3) is 56.9. The molecule has 0 radical (unpaired) electrons. The molecule has 0 atom stereocenters. The van der Waals surface area contributed by atoms with E-state index in [1.54, 1.807) is 53.0 Å². The van der Waals surface area contributed by atoms with Crippen molar-refractivity contribution < 1.29 is 14.4 Å². The van der Waals surface area contributed by atoms with Gasteiger partial charge in [-0.15, -0.1) is 0 Å². The van der Waals surface area contributed by atoms with Gasteiger partial charge in [-0.25, -0.2) is 0 Å². The van der Waals surface area contributed by atoms with Crippen LogP contribution in [-0.2, 0) is 14.4 Å². The summed E-state index contributed by atoms with van der Waals surface area (Å²) in [6.07, 6.45) is 6.56. The van der Waals surface area contributed by atoms with Gasteiger partial charge in [0.1, 0.15) is 0 Å². The van der Waals surface area contributed by atoms with Crippen LogP contribution in [0.25, 0.3) is 0 Å². The van der Waals surface area contributed by atoms with Crippen molar-refractivity contribution in [3.8, 4) is 0 Å². The van der Waals surface area contributed by atoms with Crippen LogP contribution in [0.15, 0.2) is 20.0 Å². The molecule has 0 aromatic heterocycles. The van der Waals surface area contributed by atoms with Gasteiger partial charge in [0.05, 0.1) is 0 Å². The van der Waals surface area contributed by atoms with Gasteiger partial charge in [-0.05, 0) is 0 Å². The molecule has 0 bridgehead atoms. The summed E-state index contributed by atoms with van der Waals surface area (Å²) in [4.78, 5) is 14.6. The van der Waals surface area contributed by atoms with Crippen LogP contribution in [0.3, 0.4) is 0 Å². The van der Waals surface area contributed by atoms with E-state index in [0.717, 1.165) is 0 Å². The van der Waals surface area contributed by atoms with Gasteiger partial charge in [0.25, 0.3) is 0 Å². The topological polar surface area (TPSA) is 49.4 Å². The summed E-state index contributed by atoms with van der Waals surface area (Å²) in [6.45, 7) is 0. The Labute approximate surface area is 107 Å². The van der Waals surface area contributed by atoms with Crippen molar-refractivity contribution in [2.24, 2.45) is 20.0 Å². The standard InChI is InChI=1S/2C4H8N2.2ClH.V/c2*1-5-3-4-6-2;;;/h2*3-4H,1-2H3;2*1H;/q;;;;+2/p-2. The summed E-state index contributed by atoms with van der Waals surface area (Å²) in [5, 5.41) is 0. The maximum absolute atomic E-state index is 4.86. The molecule has 0 saturated heterocycles. The zero-order chi connectivity index (χ0) is 12.4. The first-order valence-corrected chi connectivity index (χ1v) is 7.67. The van der Waals surface area contributed by atoms with E-state index in [2.05, 4.69) is 20.0 Å². The molecule has 0 unspecified atom stereocenters. The Morgan fingerprint density at radius 1 is 0.667 bits per heavy atom. The monoisotopic (exact) mass is 289 g/mol. The van der Waals surface area contributed by atoms with Crippen LogP contribution in [0, 0.1) is 0 Å². The van der Waals surface area contributed by atoms with E-state index in [-0.39, 0.29) is 14.4 Å². The van der Waals surface area contributed by atoms with Crippen molar-refractivity contribution in [3.05, 3.63) is 0 Å². The van der Waals surface area contributed by atoms with Gasteiger partial charge in [-0.3, -0.25) is 20.0 Å². The summed E-state index contributed by atoms with van der Waals surface area (Å²) in [6, 6.07) is 0. The quantitative estimate of drug-likeness (QED) is 0.700. The minimum absolute atomic E-state index is 0.368. The van der Waals surface area contributed by atoms with Crippen LogP contribution in [-0.4, -0.2) is 53.0 Å². The predicted molar refractivity (Wildman–Crippen MR) is 69.4 cm³/mol. The van der Waals surface area contributed by atoms with Crippen molar-refractivity contribution in [1.29, 1.82) is 0 Å². The average Bonchev–Trinajstić information content (AvgIpc) is 2.25. The Morgan fingerprint density at radius 2 is 0.800 bits per heavy atom. The van der Waals surface area contributed by atoms with Gasteiger partial charge in [-0.1, -0.05) is 0 Å². The normalized spacial score (nSPS) is 10.3. The molecule has 0 rings (SSSR count). The molecule has 0 fully saturated rings. The van der Waals surface area contributed by atoms with Crippen LogP contribution in [0.4, 0.5) is 0 Å².